The number of para-hydroxylation sites is 1. The number of pyridine rings is 3. The van der Waals surface area contributed by atoms with Gasteiger partial charge in [0.05, 0.1) is 23.5 Å². The number of rotatable bonds is 4. The van der Waals surface area contributed by atoms with E-state index < -0.39 is 0 Å². The molecule has 0 fully saturated rings. The first-order valence-corrected chi connectivity index (χ1v) is 12.1. The SMILES string of the molecule is O=C(Nc1ccc(C(=O)N2Cc3ccccc3Nc3ncccc32)cn1)c1ccccc1-c1ccccn1. The first kappa shape index (κ1) is 23.1. The van der Waals surface area contributed by atoms with E-state index in [-0.39, 0.29) is 11.8 Å². The molecule has 5 aromatic rings. The highest BCUT2D eigenvalue weighted by molar-refractivity contribution is 6.09. The van der Waals surface area contributed by atoms with Gasteiger partial charge in [0.25, 0.3) is 11.8 Å². The summed E-state index contributed by atoms with van der Waals surface area (Å²) in [5.41, 5.74) is 4.86. The molecule has 0 aliphatic carbocycles. The zero-order valence-corrected chi connectivity index (χ0v) is 20.2. The Balaban J connectivity index is 1.24. The Morgan fingerprint density at radius 1 is 0.789 bits per heavy atom. The number of hydrogen-bond donors (Lipinski definition) is 2. The van der Waals surface area contributed by atoms with Crippen molar-refractivity contribution in [3.63, 3.8) is 0 Å². The highest BCUT2D eigenvalue weighted by Gasteiger charge is 2.26. The maximum absolute atomic E-state index is 13.6. The fourth-order valence-corrected chi connectivity index (χ4v) is 4.42. The first-order chi connectivity index (χ1) is 18.7. The number of benzene rings is 2. The Morgan fingerprint density at radius 3 is 2.45 bits per heavy atom. The maximum atomic E-state index is 13.6. The molecule has 38 heavy (non-hydrogen) atoms. The van der Waals surface area contributed by atoms with Crippen molar-refractivity contribution in [2.45, 2.75) is 6.54 Å². The summed E-state index contributed by atoms with van der Waals surface area (Å²) in [6, 6.07) is 27.6. The standard InChI is InChI=1S/C30H22N6O2/c37-29(23-10-3-2-9-22(23)25-12-5-6-16-31-25)35-27-15-14-20(18-33-27)30(38)36-19-21-8-1-4-11-24(21)34-28-26(36)13-7-17-32-28/h1-18H,19H2,(H,32,34)(H,33,35,37). The van der Waals surface area contributed by atoms with Crippen LogP contribution < -0.4 is 15.5 Å². The summed E-state index contributed by atoms with van der Waals surface area (Å²) in [5, 5.41) is 6.16. The Labute approximate surface area is 219 Å². The Kier molecular flexibility index (Phi) is 6.03. The average Bonchev–Trinajstić information content (AvgIpc) is 3.14. The van der Waals surface area contributed by atoms with Crippen molar-refractivity contribution in [1.29, 1.82) is 0 Å². The van der Waals surface area contributed by atoms with Gasteiger partial charge in [0, 0.05) is 35.4 Å². The van der Waals surface area contributed by atoms with E-state index in [1.165, 1.54) is 6.20 Å². The number of fused-ring (bicyclic) bond motifs is 2. The molecule has 0 radical (unpaired) electrons. The Bertz CT molecular complexity index is 1640. The van der Waals surface area contributed by atoms with Gasteiger partial charge in [0.1, 0.15) is 5.82 Å². The quantitative estimate of drug-likeness (QED) is 0.330. The fraction of sp³-hybridized carbons (Fsp3) is 0.0333. The molecule has 184 valence electrons. The highest BCUT2D eigenvalue weighted by atomic mass is 16.2. The van der Waals surface area contributed by atoms with Gasteiger partial charge in [-0.25, -0.2) is 9.97 Å². The lowest BCUT2D eigenvalue weighted by molar-refractivity contribution is 0.0984. The maximum Gasteiger partial charge on any atom is 0.260 e. The van der Waals surface area contributed by atoms with E-state index in [1.807, 2.05) is 60.7 Å². The number of hydrogen-bond acceptors (Lipinski definition) is 6. The second kappa shape index (κ2) is 9.94. The van der Waals surface area contributed by atoms with Crippen molar-refractivity contribution in [3.05, 3.63) is 126 Å². The van der Waals surface area contributed by atoms with Crippen LogP contribution in [0.1, 0.15) is 26.3 Å². The molecular formula is C30H22N6O2. The van der Waals surface area contributed by atoms with Crippen LogP contribution in [0, 0.1) is 0 Å². The van der Waals surface area contributed by atoms with Crippen molar-refractivity contribution in [2.75, 3.05) is 15.5 Å². The number of nitrogens with zero attached hydrogens (tertiary/aromatic N) is 4. The predicted molar refractivity (Wildman–Crippen MR) is 146 cm³/mol. The fourth-order valence-electron chi connectivity index (χ4n) is 4.42. The largest absolute Gasteiger partial charge is 0.338 e. The van der Waals surface area contributed by atoms with Gasteiger partial charge in [-0.2, -0.15) is 0 Å². The highest BCUT2D eigenvalue weighted by Crippen LogP contribution is 2.34. The molecule has 0 unspecified atom stereocenters. The molecule has 8 heteroatoms. The average molecular weight is 499 g/mol. The summed E-state index contributed by atoms with van der Waals surface area (Å²) >= 11 is 0. The van der Waals surface area contributed by atoms with E-state index in [4.69, 9.17) is 0 Å². The zero-order valence-electron chi connectivity index (χ0n) is 20.2. The molecule has 6 rings (SSSR count). The summed E-state index contributed by atoms with van der Waals surface area (Å²) in [5.74, 6) is 0.415. The molecular weight excluding hydrogens is 476 g/mol. The van der Waals surface area contributed by atoms with Crippen LogP contribution in [0.2, 0.25) is 0 Å². The van der Waals surface area contributed by atoms with Crippen LogP contribution >= 0.6 is 0 Å². The van der Waals surface area contributed by atoms with Crippen LogP contribution in [-0.2, 0) is 6.54 Å². The van der Waals surface area contributed by atoms with Crippen LogP contribution in [0.25, 0.3) is 11.3 Å². The molecule has 0 atom stereocenters. The van der Waals surface area contributed by atoms with Gasteiger partial charge < -0.3 is 15.5 Å². The van der Waals surface area contributed by atoms with E-state index in [0.717, 1.165) is 16.8 Å². The third-order valence-corrected chi connectivity index (χ3v) is 6.29. The number of amides is 2. The monoisotopic (exact) mass is 498 g/mol. The third kappa shape index (κ3) is 4.46. The lowest BCUT2D eigenvalue weighted by atomic mass is 10.0. The molecule has 1 aliphatic heterocycles. The minimum Gasteiger partial charge on any atom is -0.338 e. The molecule has 1 aliphatic rings. The molecule has 2 aromatic carbocycles. The molecule has 0 saturated heterocycles. The van der Waals surface area contributed by atoms with Crippen LogP contribution in [0.5, 0.6) is 0 Å². The van der Waals surface area contributed by atoms with Gasteiger partial charge in [-0.15, -0.1) is 0 Å². The smallest absolute Gasteiger partial charge is 0.260 e. The van der Waals surface area contributed by atoms with E-state index in [2.05, 4.69) is 25.6 Å². The molecule has 0 spiro atoms. The van der Waals surface area contributed by atoms with E-state index in [9.17, 15) is 9.59 Å². The topological polar surface area (TPSA) is 100 Å². The molecule has 8 nitrogen and oxygen atoms in total. The lowest BCUT2D eigenvalue weighted by Gasteiger charge is -2.22. The minimum absolute atomic E-state index is 0.219. The summed E-state index contributed by atoms with van der Waals surface area (Å²) in [7, 11) is 0. The van der Waals surface area contributed by atoms with Crippen LogP contribution in [-0.4, -0.2) is 26.8 Å². The van der Waals surface area contributed by atoms with Crippen LogP contribution in [0.4, 0.5) is 23.0 Å². The first-order valence-electron chi connectivity index (χ1n) is 12.1. The van der Waals surface area contributed by atoms with Crippen molar-refractivity contribution in [2.24, 2.45) is 0 Å². The van der Waals surface area contributed by atoms with E-state index in [0.29, 0.717) is 40.7 Å². The molecule has 0 saturated carbocycles. The summed E-state index contributed by atoms with van der Waals surface area (Å²) < 4.78 is 0. The number of anilines is 4. The second-order valence-electron chi connectivity index (χ2n) is 8.69. The third-order valence-electron chi connectivity index (χ3n) is 6.29. The number of carbonyl (C=O) groups excluding carboxylic acids is 2. The Hall–Kier alpha value is -5.37. The van der Waals surface area contributed by atoms with E-state index in [1.54, 1.807) is 47.6 Å². The molecule has 4 heterocycles. The second-order valence-corrected chi connectivity index (χ2v) is 8.69. The van der Waals surface area contributed by atoms with Crippen molar-refractivity contribution >= 4 is 34.8 Å². The number of nitrogens with one attached hydrogen (secondary N) is 2. The van der Waals surface area contributed by atoms with Gasteiger partial charge in [-0.05, 0) is 54.1 Å². The van der Waals surface area contributed by atoms with Gasteiger partial charge in [0.2, 0.25) is 0 Å². The molecule has 2 amide bonds. The van der Waals surface area contributed by atoms with Crippen LogP contribution in [0.15, 0.2) is 110 Å². The van der Waals surface area contributed by atoms with E-state index >= 15 is 0 Å². The predicted octanol–water partition coefficient (Wildman–Crippen LogP) is 5.69. The summed E-state index contributed by atoms with van der Waals surface area (Å²) in [6.07, 6.45) is 4.85. The van der Waals surface area contributed by atoms with Gasteiger partial charge in [-0.1, -0.05) is 42.5 Å². The molecule has 0 bridgehead atoms. The number of aromatic nitrogens is 3. The molecule has 2 N–H and O–H groups in total. The summed E-state index contributed by atoms with van der Waals surface area (Å²) in [4.78, 5) is 41.6. The van der Waals surface area contributed by atoms with Crippen molar-refractivity contribution < 1.29 is 9.59 Å². The summed E-state index contributed by atoms with van der Waals surface area (Å²) in [6.45, 7) is 0.378. The normalized spacial score (nSPS) is 11.9. The Morgan fingerprint density at radius 2 is 1.61 bits per heavy atom. The van der Waals surface area contributed by atoms with Gasteiger partial charge >= 0.3 is 0 Å². The van der Waals surface area contributed by atoms with Crippen LogP contribution in [0.3, 0.4) is 0 Å². The van der Waals surface area contributed by atoms with Gasteiger partial charge in [0.15, 0.2) is 5.82 Å². The zero-order chi connectivity index (χ0) is 25.9. The minimum atomic E-state index is -0.312. The number of carbonyl (C=O) groups is 2. The van der Waals surface area contributed by atoms with Gasteiger partial charge in [-0.3, -0.25) is 14.6 Å². The molecule has 3 aromatic heterocycles. The lowest BCUT2D eigenvalue weighted by Crippen LogP contribution is -2.30. The van der Waals surface area contributed by atoms with Crippen molar-refractivity contribution in [3.8, 4) is 11.3 Å². The van der Waals surface area contributed by atoms with Crippen molar-refractivity contribution in [1.82, 2.24) is 15.0 Å².